The van der Waals surface area contributed by atoms with E-state index < -0.39 is 0 Å². The first kappa shape index (κ1) is 11.9. The van der Waals surface area contributed by atoms with Crippen molar-refractivity contribution in [2.75, 3.05) is 25.2 Å². The van der Waals surface area contributed by atoms with Crippen molar-refractivity contribution in [1.29, 1.82) is 0 Å². The highest BCUT2D eigenvalue weighted by atomic mass is 16.5. The standard InChI is InChI=1S/C13H19N3O/c1-3-13(10-17-2)9-15-12(14)16(13)11-7-5-4-6-8-11/h4-8H,3,9-10H2,1-2H3,(H2,14,15). The summed E-state index contributed by atoms with van der Waals surface area (Å²) in [6, 6.07) is 10.1. The molecule has 2 rings (SSSR count). The Balaban J connectivity index is 2.37. The third kappa shape index (κ3) is 2.00. The number of benzene rings is 1. The van der Waals surface area contributed by atoms with E-state index in [0.717, 1.165) is 12.1 Å². The van der Waals surface area contributed by atoms with Gasteiger partial charge < -0.3 is 15.4 Å². The molecule has 1 unspecified atom stereocenters. The predicted molar refractivity (Wildman–Crippen MR) is 70.3 cm³/mol. The lowest BCUT2D eigenvalue weighted by molar-refractivity contribution is 0.138. The van der Waals surface area contributed by atoms with Crippen LogP contribution in [0.15, 0.2) is 35.3 Å². The molecule has 0 aromatic heterocycles. The van der Waals surface area contributed by atoms with Gasteiger partial charge in [-0.25, -0.2) is 0 Å². The number of rotatable bonds is 4. The summed E-state index contributed by atoms with van der Waals surface area (Å²) in [7, 11) is 1.72. The topological polar surface area (TPSA) is 50.9 Å². The zero-order chi connectivity index (χ0) is 12.3. The average molecular weight is 233 g/mol. The normalized spacial score (nSPS) is 23.9. The van der Waals surface area contributed by atoms with Gasteiger partial charge in [0.2, 0.25) is 0 Å². The molecule has 0 radical (unpaired) electrons. The summed E-state index contributed by atoms with van der Waals surface area (Å²) < 4.78 is 5.35. The number of nitrogens with two attached hydrogens (primary N) is 1. The highest BCUT2D eigenvalue weighted by Gasteiger charge is 2.41. The molecule has 0 bridgehead atoms. The van der Waals surface area contributed by atoms with E-state index in [2.05, 4.69) is 16.8 Å². The van der Waals surface area contributed by atoms with Gasteiger partial charge in [0.1, 0.15) is 0 Å². The van der Waals surface area contributed by atoms with E-state index in [4.69, 9.17) is 10.5 Å². The molecule has 1 heterocycles. The summed E-state index contributed by atoms with van der Waals surface area (Å²) in [4.78, 5) is 6.47. The van der Waals surface area contributed by atoms with Gasteiger partial charge in [0.15, 0.2) is 5.96 Å². The molecule has 0 amide bonds. The molecule has 0 saturated heterocycles. The maximum absolute atomic E-state index is 6.01. The molecule has 92 valence electrons. The fourth-order valence-electron chi connectivity index (χ4n) is 2.35. The Kier molecular flexibility index (Phi) is 3.33. The number of hydrogen-bond donors (Lipinski definition) is 1. The molecule has 1 aliphatic rings. The molecule has 17 heavy (non-hydrogen) atoms. The number of anilines is 1. The van der Waals surface area contributed by atoms with Gasteiger partial charge in [0.05, 0.1) is 18.7 Å². The van der Waals surface area contributed by atoms with Gasteiger partial charge in [0.25, 0.3) is 0 Å². The van der Waals surface area contributed by atoms with E-state index >= 15 is 0 Å². The number of ether oxygens (including phenoxy) is 1. The number of aliphatic imine (C=N–C) groups is 1. The first-order valence-corrected chi connectivity index (χ1v) is 5.87. The van der Waals surface area contributed by atoms with Gasteiger partial charge in [-0.3, -0.25) is 4.99 Å². The molecule has 0 fully saturated rings. The number of methoxy groups -OCH3 is 1. The Hall–Kier alpha value is -1.55. The Labute approximate surface area is 102 Å². The van der Waals surface area contributed by atoms with Gasteiger partial charge in [-0.15, -0.1) is 0 Å². The highest BCUT2D eigenvalue weighted by molar-refractivity contribution is 5.98. The van der Waals surface area contributed by atoms with Gasteiger partial charge in [-0.1, -0.05) is 25.1 Å². The van der Waals surface area contributed by atoms with Crippen LogP contribution in [0.4, 0.5) is 5.69 Å². The summed E-state index contributed by atoms with van der Waals surface area (Å²) >= 11 is 0. The van der Waals surface area contributed by atoms with Crippen LogP contribution < -0.4 is 10.6 Å². The van der Waals surface area contributed by atoms with Crippen LogP contribution in [-0.2, 0) is 4.74 Å². The van der Waals surface area contributed by atoms with Crippen molar-refractivity contribution in [3.8, 4) is 0 Å². The maximum Gasteiger partial charge on any atom is 0.196 e. The lowest BCUT2D eigenvalue weighted by Gasteiger charge is -2.38. The Morgan fingerprint density at radius 1 is 1.41 bits per heavy atom. The van der Waals surface area contributed by atoms with Crippen molar-refractivity contribution in [3.05, 3.63) is 30.3 Å². The number of guanidine groups is 1. The largest absolute Gasteiger partial charge is 0.382 e. The van der Waals surface area contributed by atoms with Crippen molar-refractivity contribution < 1.29 is 4.74 Å². The molecule has 1 aromatic carbocycles. The molecule has 1 aliphatic heterocycles. The van der Waals surface area contributed by atoms with Crippen molar-refractivity contribution in [2.24, 2.45) is 10.7 Å². The molecule has 0 aliphatic carbocycles. The van der Waals surface area contributed by atoms with Crippen LogP contribution >= 0.6 is 0 Å². The minimum absolute atomic E-state index is 0.139. The zero-order valence-electron chi connectivity index (χ0n) is 10.4. The first-order chi connectivity index (χ1) is 8.23. The van der Waals surface area contributed by atoms with Gasteiger partial charge in [0, 0.05) is 12.8 Å². The lowest BCUT2D eigenvalue weighted by atomic mass is 9.95. The van der Waals surface area contributed by atoms with Crippen LogP contribution in [0.25, 0.3) is 0 Å². The Bertz CT molecular complexity index is 404. The second kappa shape index (κ2) is 4.75. The third-order valence-corrected chi connectivity index (χ3v) is 3.32. The van der Waals surface area contributed by atoms with Crippen molar-refractivity contribution in [2.45, 2.75) is 18.9 Å². The molecule has 1 aromatic rings. The number of para-hydroxylation sites is 1. The van der Waals surface area contributed by atoms with E-state index in [9.17, 15) is 0 Å². The molecular weight excluding hydrogens is 214 g/mol. The average Bonchev–Trinajstić information content (AvgIpc) is 2.69. The highest BCUT2D eigenvalue weighted by Crippen LogP contribution is 2.31. The third-order valence-electron chi connectivity index (χ3n) is 3.32. The molecular formula is C13H19N3O. The molecule has 4 nitrogen and oxygen atoms in total. The first-order valence-electron chi connectivity index (χ1n) is 5.87. The smallest absolute Gasteiger partial charge is 0.196 e. The van der Waals surface area contributed by atoms with Crippen LogP contribution in [0, 0.1) is 0 Å². The van der Waals surface area contributed by atoms with E-state index in [-0.39, 0.29) is 5.54 Å². The van der Waals surface area contributed by atoms with Crippen molar-refractivity contribution in [1.82, 2.24) is 0 Å². The van der Waals surface area contributed by atoms with E-state index in [0.29, 0.717) is 19.1 Å². The Morgan fingerprint density at radius 3 is 2.71 bits per heavy atom. The summed E-state index contributed by atoms with van der Waals surface area (Å²) in [5.74, 6) is 0.579. The number of hydrogen-bond acceptors (Lipinski definition) is 4. The molecule has 4 heteroatoms. The quantitative estimate of drug-likeness (QED) is 0.859. The minimum Gasteiger partial charge on any atom is -0.382 e. The summed E-state index contributed by atoms with van der Waals surface area (Å²) in [6.07, 6.45) is 0.944. The van der Waals surface area contributed by atoms with Crippen molar-refractivity contribution >= 4 is 11.6 Å². The molecule has 0 saturated carbocycles. The van der Waals surface area contributed by atoms with Crippen LogP contribution in [0.1, 0.15) is 13.3 Å². The number of nitrogens with zero attached hydrogens (tertiary/aromatic N) is 2. The van der Waals surface area contributed by atoms with E-state index in [1.807, 2.05) is 30.3 Å². The second-order valence-electron chi connectivity index (χ2n) is 4.36. The summed E-state index contributed by atoms with van der Waals surface area (Å²) in [6.45, 7) is 3.46. The zero-order valence-corrected chi connectivity index (χ0v) is 10.4. The minimum atomic E-state index is -0.139. The molecule has 2 N–H and O–H groups in total. The van der Waals surface area contributed by atoms with Crippen LogP contribution in [0.3, 0.4) is 0 Å². The lowest BCUT2D eigenvalue weighted by Crippen LogP contribution is -2.54. The van der Waals surface area contributed by atoms with Gasteiger partial charge >= 0.3 is 0 Å². The fraction of sp³-hybridized carbons (Fsp3) is 0.462. The predicted octanol–water partition coefficient (Wildman–Crippen LogP) is 1.62. The van der Waals surface area contributed by atoms with Gasteiger partial charge in [-0.2, -0.15) is 0 Å². The maximum atomic E-state index is 6.01. The van der Waals surface area contributed by atoms with Gasteiger partial charge in [-0.05, 0) is 18.6 Å². The summed E-state index contributed by atoms with van der Waals surface area (Å²) in [5, 5.41) is 0. The van der Waals surface area contributed by atoms with Crippen molar-refractivity contribution in [3.63, 3.8) is 0 Å². The monoisotopic (exact) mass is 233 g/mol. The van der Waals surface area contributed by atoms with E-state index in [1.54, 1.807) is 7.11 Å². The molecule has 1 atom stereocenters. The second-order valence-corrected chi connectivity index (χ2v) is 4.36. The van der Waals surface area contributed by atoms with E-state index in [1.165, 1.54) is 0 Å². The van der Waals surface area contributed by atoms with Crippen LogP contribution in [0.5, 0.6) is 0 Å². The van der Waals surface area contributed by atoms with Crippen LogP contribution in [-0.4, -0.2) is 31.8 Å². The fourth-order valence-corrected chi connectivity index (χ4v) is 2.35. The molecule has 0 spiro atoms. The summed E-state index contributed by atoms with van der Waals surface area (Å²) in [5.41, 5.74) is 6.95. The van der Waals surface area contributed by atoms with Crippen LogP contribution in [0.2, 0.25) is 0 Å². The SMILES string of the molecule is CCC1(COC)CN=C(N)N1c1ccccc1. The Morgan fingerprint density at radius 2 is 2.12 bits per heavy atom.